The number of aromatic nitrogens is 1. The second kappa shape index (κ2) is 4.99. The zero-order chi connectivity index (χ0) is 11.5. The van der Waals surface area contributed by atoms with Crippen LogP contribution in [0.2, 0.25) is 5.15 Å². The summed E-state index contributed by atoms with van der Waals surface area (Å²) in [6, 6.07) is 2.15. The average molecular weight is 242 g/mol. The first-order chi connectivity index (χ1) is 7.72. The van der Waals surface area contributed by atoms with Gasteiger partial charge in [0.2, 0.25) is 0 Å². The minimum absolute atomic E-state index is 0.229. The predicted molar refractivity (Wildman–Crippen MR) is 63.3 cm³/mol. The summed E-state index contributed by atoms with van der Waals surface area (Å²) in [5, 5.41) is 2.26. The summed E-state index contributed by atoms with van der Waals surface area (Å²) in [6.45, 7) is 0.926. The third-order valence-corrected chi connectivity index (χ3v) is 3.26. The van der Waals surface area contributed by atoms with Crippen molar-refractivity contribution >= 4 is 11.6 Å². The summed E-state index contributed by atoms with van der Waals surface area (Å²) in [7, 11) is 1.59. The van der Waals surface area contributed by atoms with Crippen LogP contribution in [-0.4, -0.2) is 23.6 Å². The lowest BCUT2D eigenvalue weighted by molar-refractivity contribution is 0.151. The van der Waals surface area contributed by atoms with E-state index in [9.17, 15) is 0 Å². The van der Waals surface area contributed by atoms with Crippen LogP contribution in [-0.2, 0) is 0 Å². The molecule has 0 saturated carbocycles. The molecule has 0 spiro atoms. The van der Waals surface area contributed by atoms with Gasteiger partial charge in [0.25, 0.3) is 0 Å². The number of nitrogens with zero attached hydrogens (tertiary/aromatic N) is 2. The van der Waals surface area contributed by atoms with Gasteiger partial charge in [-0.1, -0.05) is 18.0 Å². The van der Waals surface area contributed by atoms with Gasteiger partial charge in [0.05, 0.1) is 13.2 Å². The average Bonchev–Trinajstić information content (AvgIpc) is 2.31. The van der Waals surface area contributed by atoms with Gasteiger partial charge in [0.15, 0.2) is 10.9 Å². The van der Waals surface area contributed by atoms with Crippen LogP contribution in [0.1, 0.15) is 30.9 Å². The lowest BCUT2D eigenvalue weighted by atomic mass is 9.98. The van der Waals surface area contributed by atoms with E-state index in [0.717, 1.165) is 24.9 Å². The lowest BCUT2D eigenvalue weighted by Crippen LogP contribution is -2.38. The standard InChI is InChI=1S/C11H16ClN3O/c1-16-10-6-8(7-14-11(10)12)9-4-2-3-5-15(9)13/h6-7,9H,2-5,13H2,1H3/t9-/m0/s1. The van der Waals surface area contributed by atoms with Crippen LogP contribution in [0.5, 0.6) is 5.75 Å². The van der Waals surface area contributed by atoms with Crippen LogP contribution in [0.25, 0.3) is 0 Å². The van der Waals surface area contributed by atoms with Gasteiger partial charge in [0, 0.05) is 12.7 Å². The highest BCUT2D eigenvalue weighted by Crippen LogP contribution is 2.31. The Balaban J connectivity index is 2.25. The van der Waals surface area contributed by atoms with E-state index in [0.29, 0.717) is 10.9 Å². The first-order valence-corrected chi connectivity index (χ1v) is 5.81. The minimum Gasteiger partial charge on any atom is -0.494 e. The molecule has 1 aliphatic heterocycles. The van der Waals surface area contributed by atoms with Crippen molar-refractivity contribution in [2.45, 2.75) is 25.3 Å². The molecule has 2 heterocycles. The van der Waals surface area contributed by atoms with E-state index >= 15 is 0 Å². The van der Waals surface area contributed by atoms with Crippen LogP contribution >= 0.6 is 11.6 Å². The summed E-state index contributed by atoms with van der Waals surface area (Å²) >= 11 is 5.89. The van der Waals surface area contributed by atoms with Gasteiger partial charge >= 0.3 is 0 Å². The zero-order valence-corrected chi connectivity index (χ0v) is 10.1. The van der Waals surface area contributed by atoms with Crippen molar-refractivity contribution in [2.75, 3.05) is 13.7 Å². The fourth-order valence-corrected chi connectivity index (χ4v) is 2.26. The van der Waals surface area contributed by atoms with Crippen LogP contribution in [0.15, 0.2) is 12.3 Å². The number of rotatable bonds is 2. The molecule has 0 aliphatic carbocycles. The second-order valence-corrected chi connectivity index (χ2v) is 4.37. The third kappa shape index (κ3) is 2.29. The molecule has 0 unspecified atom stereocenters. The molecule has 0 amide bonds. The van der Waals surface area contributed by atoms with Crippen LogP contribution in [0, 0.1) is 0 Å². The van der Waals surface area contributed by atoms with Gasteiger partial charge in [-0.2, -0.15) is 0 Å². The van der Waals surface area contributed by atoms with Crippen molar-refractivity contribution in [3.8, 4) is 5.75 Å². The van der Waals surface area contributed by atoms with E-state index in [-0.39, 0.29) is 6.04 Å². The van der Waals surface area contributed by atoms with Gasteiger partial charge in [-0.05, 0) is 24.5 Å². The van der Waals surface area contributed by atoms with Crippen molar-refractivity contribution in [1.82, 2.24) is 9.99 Å². The molecule has 2 N–H and O–H groups in total. The Hall–Kier alpha value is -0.840. The Bertz CT molecular complexity index is 372. The highest BCUT2D eigenvalue weighted by Gasteiger charge is 2.22. The number of hydrazine groups is 1. The third-order valence-electron chi connectivity index (χ3n) is 2.98. The van der Waals surface area contributed by atoms with E-state index < -0.39 is 0 Å². The predicted octanol–water partition coefficient (Wildman–Crippen LogP) is 2.14. The maximum atomic E-state index is 5.97. The molecule has 4 nitrogen and oxygen atoms in total. The molecule has 0 bridgehead atoms. The van der Waals surface area contributed by atoms with Crippen LogP contribution < -0.4 is 10.6 Å². The monoisotopic (exact) mass is 241 g/mol. The summed E-state index contributed by atoms with van der Waals surface area (Å²) in [5.41, 5.74) is 1.07. The highest BCUT2D eigenvalue weighted by molar-refractivity contribution is 6.30. The molecule has 1 aromatic heterocycles. The minimum atomic E-state index is 0.229. The second-order valence-electron chi connectivity index (χ2n) is 4.01. The number of ether oxygens (including phenoxy) is 1. The van der Waals surface area contributed by atoms with Gasteiger partial charge in [-0.3, -0.25) is 5.84 Å². The number of piperidine rings is 1. The Morgan fingerprint density at radius 3 is 3.06 bits per heavy atom. The Kier molecular flexibility index (Phi) is 3.63. The normalized spacial score (nSPS) is 22.1. The highest BCUT2D eigenvalue weighted by atomic mass is 35.5. The number of hydrogen-bond donors (Lipinski definition) is 1. The molecule has 5 heteroatoms. The van der Waals surface area contributed by atoms with Crippen molar-refractivity contribution in [3.63, 3.8) is 0 Å². The van der Waals surface area contributed by atoms with E-state index in [1.165, 1.54) is 6.42 Å². The number of methoxy groups -OCH3 is 1. The molecule has 2 rings (SSSR count). The maximum absolute atomic E-state index is 5.97. The Labute approximate surface area is 100 Å². The molecule has 1 atom stereocenters. The molecular weight excluding hydrogens is 226 g/mol. The number of nitrogens with two attached hydrogens (primary N) is 1. The van der Waals surface area contributed by atoms with E-state index in [1.54, 1.807) is 13.3 Å². The summed E-state index contributed by atoms with van der Waals surface area (Å²) in [6.07, 6.45) is 5.19. The molecular formula is C11H16ClN3O. The smallest absolute Gasteiger partial charge is 0.171 e. The van der Waals surface area contributed by atoms with Crippen molar-refractivity contribution in [1.29, 1.82) is 0 Å². The molecule has 1 aliphatic rings. The number of pyridine rings is 1. The van der Waals surface area contributed by atoms with E-state index in [4.69, 9.17) is 22.2 Å². The van der Waals surface area contributed by atoms with Gasteiger partial charge in [0.1, 0.15) is 0 Å². The topological polar surface area (TPSA) is 51.4 Å². The first-order valence-electron chi connectivity index (χ1n) is 5.43. The summed E-state index contributed by atoms with van der Waals surface area (Å²) < 4.78 is 5.16. The Morgan fingerprint density at radius 1 is 1.56 bits per heavy atom. The van der Waals surface area contributed by atoms with Crippen molar-refractivity contribution < 1.29 is 4.74 Å². The van der Waals surface area contributed by atoms with Crippen LogP contribution in [0.3, 0.4) is 0 Å². The molecule has 1 fully saturated rings. The molecule has 1 saturated heterocycles. The van der Waals surface area contributed by atoms with E-state index in [2.05, 4.69) is 4.98 Å². The van der Waals surface area contributed by atoms with Gasteiger partial charge < -0.3 is 4.74 Å². The van der Waals surface area contributed by atoms with E-state index in [1.807, 2.05) is 11.1 Å². The van der Waals surface area contributed by atoms with Crippen molar-refractivity contribution in [2.24, 2.45) is 5.84 Å². The van der Waals surface area contributed by atoms with Crippen molar-refractivity contribution in [3.05, 3.63) is 23.0 Å². The quantitative estimate of drug-likeness (QED) is 0.637. The number of halogens is 1. The largest absolute Gasteiger partial charge is 0.494 e. The fourth-order valence-electron chi connectivity index (χ4n) is 2.08. The fraction of sp³-hybridized carbons (Fsp3) is 0.545. The van der Waals surface area contributed by atoms with Gasteiger partial charge in [-0.15, -0.1) is 0 Å². The van der Waals surface area contributed by atoms with Gasteiger partial charge in [-0.25, -0.2) is 9.99 Å². The molecule has 0 radical (unpaired) electrons. The zero-order valence-electron chi connectivity index (χ0n) is 9.32. The summed E-state index contributed by atoms with van der Waals surface area (Å²) in [4.78, 5) is 4.12. The number of hydrogen-bond acceptors (Lipinski definition) is 4. The lowest BCUT2D eigenvalue weighted by Gasteiger charge is -2.32. The maximum Gasteiger partial charge on any atom is 0.171 e. The molecule has 16 heavy (non-hydrogen) atoms. The summed E-state index contributed by atoms with van der Waals surface area (Å²) in [5.74, 6) is 6.58. The Morgan fingerprint density at radius 2 is 2.38 bits per heavy atom. The first kappa shape index (κ1) is 11.6. The molecule has 0 aromatic carbocycles. The van der Waals surface area contributed by atoms with Crippen LogP contribution in [0.4, 0.5) is 0 Å². The SMILES string of the molecule is COc1cc([C@@H]2CCCCN2N)cnc1Cl. The molecule has 1 aromatic rings. The molecule has 88 valence electrons.